The van der Waals surface area contributed by atoms with Crippen LogP contribution < -0.4 is 0 Å². The molecule has 1 fully saturated rings. The minimum Gasteiger partial charge on any atom is -0.389 e. The SMILES string of the molecule is CC1(O)CC(=O)N2CCN=C2C1c1ccccc1. The Kier molecular flexibility index (Phi) is 2.48. The van der Waals surface area contributed by atoms with Gasteiger partial charge in [0.05, 0.1) is 24.5 Å². The van der Waals surface area contributed by atoms with Gasteiger partial charge in [-0.25, -0.2) is 0 Å². The lowest BCUT2D eigenvalue weighted by Gasteiger charge is -2.41. The quantitative estimate of drug-likeness (QED) is 0.806. The van der Waals surface area contributed by atoms with Crippen molar-refractivity contribution in [1.82, 2.24) is 4.90 Å². The topological polar surface area (TPSA) is 52.9 Å². The fraction of sp³-hybridized carbons (Fsp3) is 0.429. The largest absolute Gasteiger partial charge is 0.389 e. The lowest BCUT2D eigenvalue weighted by molar-refractivity contribution is -0.134. The predicted molar refractivity (Wildman–Crippen MR) is 68.4 cm³/mol. The number of aliphatic imine (C=N–C) groups is 1. The van der Waals surface area contributed by atoms with Gasteiger partial charge in [0, 0.05) is 6.54 Å². The Morgan fingerprint density at radius 1 is 1.39 bits per heavy atom. The Hall–Kier alpha value is -1.68. The van der Waals surface area contributed by atoms with Crippen LogP contribution in [-0.2, 0) is 4.79 Å². The van der Waals surface area contributed by atoms with Crippen molar-refractivity contribution in [2.75, 3.05) is 13.1 Å². The third kappa shape index (κ3) is 1.64. The van der Waals surface area contributed by atoms with Crippen molar-refractivity contribution in [2.24, 2.45) is 4.99 Å². The van der Waals surface area contributed by atoms with Crippen molar-refractivity contribution in [3.63, 3.8) is 0 Å². The van der Waals surface area contributed by atoms with Gasteiger partial charge in [-0.15, -0.1) is 0 Å². The number of amides is 1. The molecule has 1 amide bonds. The number of fused-ring (bicyclic) bond motifs is 1. The van der Waals surface area contributed by atoms with Gasteiger partial charge in [0.1, 0.15) is 5.84 Å². The molecule has 0 radical (unpaired) electrons. The molecule has 0 saturated carbocycles. The maximum absolute atomic E-state index is 12.0. The van der Waals surface area contributed by atoms with E-state index in [1.54, 1.807) is 11.8 Å². The summed E-state index contributed by atoms with van der Waals surface area (Å²) < 4.78 is 0. The highest BCUT2D eigenvalue weighted by Crippen LogP contribution is 2.39. The maximum Gasteiger partial charge on any atom is 0.230 e. The average molecular weight is 244 g/mol. The number of aliphatic hydroxyl groups is 1. The molecule has 1 N–H and O–H groups in total. The normalized spacial score (nSPS) is 31.2. The Balaban J connectivity index is 2.08. The van der Waals surface area contributed by atoms with E-state index in [1.165, 1.54) is 0 Å². The number of piperidine rings is 1. The second kappa shape index (κ2) is 3.92. The molecule has 2 aliphatic heterocycles. The number of benzene rings is 1. The first-order chi connectivity index (χ1) is 8.59. The summed E-state index contributed by atoms with van der Waals surface area (Å²) in [6.45, 7) is 3.01. The zero-order valence-electron chi connectivity index (χ0n) is 10.3. The minimum atomic E-state index is -1.06. The maximum atomic E-state index is 12.0. The van der Waals surface area contributed by atoms with Gasteiger partial charge < -0.3 is 5.11 Å². The Bertz CT molecular complexity index is 508. The molecule has 4 nitrogen and oxygen atoms in total. The van der Waals surface area contributed by atoms with E-state index in [0.717, 1.165) is 11.4 Å². The molecule has 1 aromatic carbocycles. The van der Waals surface area contributed by atoms with Gasteiger partial charge >= 0.3 is 0 Å². The average Bonchev–Trinajstić information content (AvgIpc) is 2.78. The summed E-state index contributed by atoms with van der Waals surface area (Å²) >= 11 is 0. The summed E-state index contributed by atoms with van der Waals surface area (Å²) in [4.78, 5) is 18.1. The molecule has 0 spiro atoms. The first-order valence-corrected chi connectivity index (χ1v) is 6.21. The van der Waals surface area contributed by atoms with E-state index in [1.807, 2.05) is 30.3 Å². The van der Waals surface area contributed by atoms with Crippen LogP contribution in [0, 0.1) is 0 Å². The smallest absolute Gasteiger partial charge is 0.230 e. The van der Waals surface area contributed by atoms with E-state index >= 15 is 0 Å². The van der Waals surface area contributed by atoms with Crippen molar-refractivity contribution < 1.29 is 9.90 Å². The summed E-state index contributed by atoms with van der Waals surface area (Å²) in [5, 5.41) is 10.6. The minimum absolute atomic E-state index is 0.0246. The van der Waals surface area contributed by atoms with Crippen molar-refractivity contribution in [3.05, 3.63) is 35.9 Å². The van der Waals surface area contributed by atoms with E-state index in [2.05, 4.69) is 4.99 Å². The van der Waals surface area contributed by atoms with Crippen molar-refractivity contribution in [1.29, 1.82) is 0 Å². The van der Waals surface area contributed by atoms with Gasteiger partial charge in [0.15, 0.2) is 0 Å². The molecule has 18 heavy (non-hydrogen) atoms. The van der Waals surface area contributed by atoms with Crippen molar-refractivity contribution >= 4 is 11.7 Å². The molecule has 0 aliphatic carbocycles. The van der Waals surface area contributed by atoms with Gasteiger partial charge in [0.2, 0.25) is 5.91 Å². The van der Waals surface area contributed by atoms with Gasteiger partial charge in [-0.05, 0) is 12.5 Å². The molecule has 1 aromatic rings. The van der Waals surface area contributed by atoms with Crippen LogP contribution in [-0.4, -0.2) is 40.4 Å². The number of carbonyl (C=O) groups excluding carboxylic acids is 1. The lowest BCUT2D eigenvalue weighted by atomic mass is 9.77. The third-order valence-electron chi connectivity index (χ3n) is 3.70. The molecular formula is C14H16N2O2. The highest BCUT2D eigenvalue weighted by Gasteiger charge is 2.48. The van der Waals surface area contributed by atoms with E-state index < -0.39 is 5.60 Å². The highest BCUT2D eigenvalue weighted by atomic mass is 16.3. The van der Waals surface area contributed by atoms with Crippen LogP contribution >= 0.6 is 0 Å². The fourth-order valence-corrected chi connectivity index (χ4v) is 2.90. The molecule has 2 aliphatic rings. The number of hydrogen-bond acceptors (Lipinski definition) is 3. The third-order valence-corrected chi connectivity index (χ3v) is 3.70. The van der Waals surface area contributed by atoms with Crippen LogP contribution in [0.4, 0.5) is 0 Å². The van der Waals surface area contributed by atoms with Gasteiger partial charge in [-0.2, -0.15) is 0 Å². The second-order valence-electron chi connectivity index (χ2n) is 5.16. The van der Waals surface area contributed by atoms with E-state index in [4.69, 9.17) is 0 Å². The lowest BCUT2D eigenvalue weighted by Crippen LogP contribution is -2.53. The number of amidine groups is 1. The summed E-state index contributed by atoms with van der Waals surface area (Å²) in [7, 11) is 0. The molecule has 3 rings (SSSR count). The van der Waals surface area contributed by atoms with Crippen LogP contribution in [0.2, 0.25) is 0 Å². The Morgan fingerprint density at radius 3 is 2.83 bits per heavy atom. The molecule has 2 heterocycles. The van der Waals surface area contributed by atoms with Crippen LogP contribution in [0.25, 0.3) is 0 Å². The number of hydrogen-bond donors (Lipinski definition) is 1. The number of carbonyl (C=O) groups is 1. The second-order valence-corrected chi connectivity index (χ2v) is 5.16. The van der Waals surface area contributed by atoms with Gasteiger partial charge in [0.25, 0.3) is 0 Å². The molecule has 2 atom stereocenters. The zero-order chi connectivity index (χ0) is 12.8. The predicted octanol–water partition coefficient (Wildman–Crippen LogP) is 1.17. The molecule has 2 unspecified atom stereocenters. The van der Waals surface area contributed by atoms with Crippen LogP contribution in [0.3, 0.4) is 0 Å². The first kappa shape index (κ1) is 11.4. The van der Waals surface area contributed by atoms with Crippen LogP contribution in [0.15, 0.2) is 35.3 Å². The molecular weight excluding hydrogens is 228 g/mol. The fourth-order valence-electron chi connectivity index (χ4n) is 2.90. The highest BCUT2D eigenvalue weighted by molar-refractivity contribution is 6.06. The summed E-state index contributed by atoms with van der Waals surface area (Å²) in [5.41, 5.74) is -0.0429. The van der Waals surface area contributed by atoms with Gasteiger partial charge in [-0.3, -0.25) is 14.7 Å². The number of rotatable bonds is 1. The molecule has 94 valence electrons. The summed E-state index contributed by atoms with van der Waals surface area (Å²) in [6, 6.07) is 9.80. The summed E-state index contributed by atoms with van der Waals surface area (Å²) in [5.74, 6) is 0.491. The van der Waals surface area contributed by atoms with Crippen molar-refractivity contribution in [2.45, 2.75) is 24.9 Å². The Morgan fingerprint density at radius 2 is 2.11 bits per heavy atom. The van der Waals surface area contributed by atoms with Crippen LogP contribution in [0.1, 0.15) is 24.8 Å². The molecule has 1 saturated heterocycles. The monoisotopic (exact) mass is 244 g/mol. The van der Waals surface area contributed by atoms with E-state index in [-0.39, 0.29) is 18.2 Å². The standard InChI is InChI=1S/C14H16N2O2/c1-14(18)9-11(17)16-8-7-15-13(16)12(14)10-5-3-2-4-6-10/h2-6,12,18H,7-9H2,1H3. The Labute approximate surface area is 106 Å². The zero-order valence-corrected chi connectivity index (χ0v) is 10.3. The van der Waals surface area contributed by atoms with E-state index in [0.29, 0.717) is 13.1 Å². The first-order valence-electron chi connectivity index (χ1n) is 6.21. The van der Waals surface area contributed by atoms with Crippen LogP contribution in [0.5, 0.6) is 0 Å². The number of nitrogens with zero attached hydrogens (tertiary/aromatic N) is 2. The van der Waals surface area contributed by atoms with Crippen molar-refractivity contribution in [3.8, 4) is 0 Å². The molecule has 0 aromatic heterocycles. The summed E-state index contributed by atoms with van der Waals surface area (Å²) in [6.07, 6.45) is 0.158. The van der Waals surface area contributed by atoms with E-state index in [9.17, 15) is 9.90 Å². The molecule has 0 bridgehead atoms. The molecule has 4 heteroatoms. The van der Waals surface area contributed by atoms with Gasteiger partial charge in [-0.1, -0.05) is 30.3 Å².